The Bertz CT molecular complexity index is 401. The molecule has 2 atom stereocenters. The molecule has 5 nitrogen and oxygen atoms in total. The molecular weight excluding hydrogens is 208 g/mol. The maximum absolute atomic E-state index is 9.79. The minimum Gasteiger partial charge on any atom is -0.398 e. The quantitative estimate of drug-likeness (QED) is 0.532. The average molecular weight is 222 g/mol. The summed E-state index contributed by atoms with van der Waals surface area (Å²) < 4.78 is 0. The van der Waals surface area contributed by atoms with Crippen LogP contribution < -0.4 is 5.73 Å². The van der Waals surface area contributed by atoms with Crippen molar-refractivity contribution in [2.75, 3.05) is 12.3 Å². The van der Waals surface area contributed by atoms with Crippen molar-refractivity contribution in [3.05, 3.63) is 29.3 Å². The molecule has 86 valence electrons. The fourth-order valence-corrected chi connectivity index (χ4v) is 1.46. The van der Waals surface area contributed by atoms with Crippen molar-refractivity contribution in [1.82, 2.24) is 0 Å². The van der Waals surface area contributed by atoms with Gasteiger partial charge in [-0.15, -0.1) is 0 Å². The summed E-state index contributed by atoms with van der Waals surface area (Å²) in [5.74, 6) is 0. The Morgan fingerprint density at radius 1 is 1.38 bits per heavy atom. The largest absolute Gasteiger partial charge is 0.398 e. The molecule has 5 heteroatoms. The van der Waals surface area contributed by atoms with E-state index in [9.17, 15) is 10.2 Å². The summed E-state index contributed by atoms with van der Waals surface area (Å²) >= 11 is 0. The first-order chi connectivity index (χ1) is 7.61. The topological polar surface area (TPSA) is 111 Å². The number of aliphatic hydroxyl groups is 3. The zero-order chi connectivity index (χ0) is 12.1. The Morgan fingerprint density at radius 3 is 2.62 bits per heavy atom. The molecule has 0 aliphatic carbocycles. The fraction of sp³-hybridized carbons (Fsp3) is 0.364. The summed E-state index contributed by atoms with van der Waals surface area (Å²) in [6.45, 7) is -0.234. The normalized spacial score (nSPS) is 14.1. The Balaban J connectivity index is 3.04. The van der Waals surface area contributed by atoms with Gasteiger partial charge in [-0.1, -0.05) is 12.1 Å². The highest BCUT2D eigenvalue weighted by atomic mass is 16.3. The number of aliphatic hydroxyl groups excluding tert-OH is 3. The van der Waals surface area contributed by atoms with Crippen LogP contribution in [0, 0.1) is 11.3 Å². The average Bonchev–Trinajstić information content (AvgIpc) is 2.28. The lowest BCUT2D eigenvalue weighted by molar-refractivity contribution is 0.00411. The van der Waals surface area contributed by atoms with E-state index < -0.39 is 12.2 Å². The highest BCUT2D eigenvalue weighted by molar-refractivity contribution is 5.58. The molecule has 0 aromatic heterocycles. The van der Waals surface area contributed by atoms with E-state index in [2.05, 4.69) is 0 Å². The number of nitrogens with zero attached hydrogens (tertiary/aromatic N) is 1. The first kappa shape index (κ1) is 12.5. The third kappa shape index (κ3) is 2.49. The molecule has 0 radical (unpaired) electrons. The Labute approximate surface area is 93.4 Å². The second kappa shape index (κ2) is 5.47. The van der Waals surface area contributed by atoms with Crippen LogP contribution in [0.2, 0.25) is 0 Å². The van der Waals surface area contributed by atoms with Crippen LogP contribution in [0.3, 0.4) is 0 Å². The molecule has 1 rings (SSSR count). The lowest BCUT2D eigenvalue weighted by atomic mass is 9.97. The highest BCUT2D eigenvalue weighted by Crippen LogP contribution is 2.25. The van der Waals surface area contributed by atoms with Crippen LogP contribution in [-0.2, 0) is 0 Å². The first-order valence-electron chi connectivity index (χ1n) is 4.87. The van der Waals surface area contributed by atoms with Crippen molar-refractivity contribution in [3.8, 4) is 6.07 Å². The molecule has 1 aromatic rings. The molecule has 0 saturated carbocycles. The van der Waals surface area contributed by atoms with E-state index in [1.54, 1.807) is 12.1 Å². The van der Waals surface area contributed by atoms with Crippen LogP contribution in [0.15, 0.2) is 18.2 Å². The first-order valence-corrected chi connectivity index (χ1v) is 4.87. The SMILES string of the molecule is N#Cc1c(N)cccc1C(O)C(O)CCO. The van der Waals surface area contributed by atoms with Gasteiger partial charge in [0, 0.05) is 17.9 Å². The van der Waals surface area contributed by atoms with Gasteiger partial charge in [0.15, 0.2) is 0 Å². The maximum atomic E-state index is 9.79. The van der Waals surface area contributed by atoms with Crippen molar-refractivity contribution in [3.63, 3.8) is 0 Å². The van der Waals surface area contributed by atoms with E-state index in [1.807, 2.05) is 6.07 Å². The summed E-state index contributed by atoms with van der Waals surface area (Å²) in [5, 5.41) is 36.9. The van der Waals surface area contributed by atoms with Crippen LogP contribution in [0.25, 0.3) is 0 Å². The number of benzene rings is 1. The molecule has 5 N–H and O–H groups in total. The minimum absolute atomic E-state index is 0.0425. The number of rotatable bonds is 4. The Morgan fingerprint density at radius 2 is 2.06 bits per heavy atom. The molecule has 0 saturated heterocycles. The standard InChI is InChI=1S/C11H14N2O3/c12-6-8-7(2-1-3-9(8)13)11(16)10(15)4-5-14/h1-3,10-11,14-16H,4-5,13H2. The molecule has 2 unspecified atom stereocenters. The van der Waals surface area contributed by atoms with Gasteiger partial charge in [0.2, 0.25) is 0 Å². The van der Waals surface area contributed by atoms with E-state index in [0.29, 0.717) is 0 Å². The molecule has 0 aliphatic rings. The number of nitrogen functional groups attached to an aromatic ring is 1. The minimum atomic E-state index is -1.22. The summed E-state index contributed by atoms with van der Waals surface area (Å²) in [6.07, 6.45) is -2.29. The van der Waals surface area contributed by atoms with E-state index in [-0.39, 0.29) is 29.8 Å². The van der Waals surface area contributed by atoms with Gasteiger partial charge < -0.3 is 21.1 Å². The number of hydrogen-bond donors (Lipinski definition) is 4. The van der Waals surface area contributed by atoms with Gasteiger partial charge in [0.05, 0.1) is 11.7 Å². The number of nitrogens with two attached hydrogens (primary N) is 1. The molecule has 0 amide bonds. The lowest BCUT2D eigenvalue weighted by Crippen LogP contribution is -2.20. The van der Waals surface area contributed by atoms with Gasteiger partial charge in [-0.3, -0.25) is 0 Å². The van der Waals surface area contributed by atoms with E-state index >= 15 is 0 Å². The zero-order valence-electron chi connectivity index (χ0n) is 8.67. The van der Waals surface area contributed by atoms with Crippen molar-refractivity contribution >= 4 is 5.69 Å². The molecule has 16 heavy (non-hydrogen) atoms. The third-order valence-electron chi connectivity index (χ3n) is 2.35. The van der Waals surface area contributed by atoms with Crippen molar-refractivity contribution in [1.29, 1.82) is 5.26 Å². The van der Waals surface area contributed by atoms with Gasteiger partial charge in [-0.05, 0) is 12.5 Å². The molecule has 0 heterocycles. The predicted octanol–water partition coefficient (Wildman–Crippen LogP) is -0.0828. The van der Waals surface area contributed by atoms with E-state index in [1.165, 1.54) is 6.07 Å². The van der Waals surface area contributed by atoms with Crippen LogP contribution in [0.1, 0.15) is 23.7 Å². The van der Waals surface area contributed by atoms with Crippen LogP contribution >= 0.6 is 0 Å². The number of nitriles is 1. The van der Waals surface area contributed by atoms with Crippen molar-refractivity contribution in [2.24, 2.45) is 0 Å². The van der Waals surface area contributed by atoms with Crippen LogP contribution in [-0.4, -0.2) is 28.0 Å². The monoisotopic (exact) mass is 222 g/mol. The van der Waals surface area contributed by atoms with Gasteiger partial charge in [-0.2, -0.15) is 5.26 Å². The third-order valence-corrected chi connectivity index (χ3v) is 2.35. The molecule has 0 fully saturated rings. The number of anilines is 1. The molecule has 0 bridgehead atoms. The fourth-order valence-electron chi connectivity index (χ4n) is 1.46. The van der Waals surface area contributed by atoms with E-state index in [4.69, 9.17) is 16.1 Å². The summed E-state index contributed by atoms with van der Waals surface area (Å²) in [7, 11) is 0. The molecule has 0 spiro atoms. The second-order valence-electron chi connectivity index (χ2n) is 3.45. The molecular formula is C11H14N2O3. The van der Waals surface area contributed by atoms with E-state index in [0.717, 1.165) is 0 Å². The van der Waals surface area contributed by atoms with Gasteiger partial charge in [0.1, 0.15) is 12.2 Å². The molecule has 1 aromatic carbocycles. The van der Waals surface area contributed by atoms with Crippen LogP contribution in [0.5, 0.6) is 0 Å². The summed E-state index contributed by atoms with van der Waals surface area (Å²) in [4.78, 5) is 0. The smallest absolute Gasteiger partial charge is 0.106 e. The lowest BCUT2D eigenvalue weighted by Gasteiger charge is -2.18. The maximum Gasteiger partial charge on any atom is 0.106 e. The Hall–Kier alpha value is -1.61. The van der Waals surface area contributed by atoms with Crippen LogP contribution in [0.4, 0.5) is 5.69 Å². The zero-order valence-corrected chi connectivity index (χ0v) is 8.67. The second-order valence-corrected chi connectivity index (χ2v) is 3.45. The molecule has 0 aliphatic heterocycles. The van der Waals surface area contributed by atoms with Crippen molar-refractivity contribution in [2.45, 2.75) is 18.6 Å². The van der Waals surface area contributed by atoms with Gasteiger partial charge >= 0.3 is 0 Å². The number of hydrogen-bond acceptors (Lipinski definition) is 5. The van der Waals surface area contributed by atoms with Gasteiger partial charge in [0.25, 0.3) is 0 Å². The predicted molar refractivity (Wildman–Crippen MR) is 58.2 cm³/mol. The Kier molecular flexibility index (Phi) is 4.26. The van der Waals surface area contributed by atoms with Crippen molar-refractivity contribution < 1.29 is 15.3 Å². The summed E-state index contributed by atoms with van der Waals surface area (Å²) in [5.41, 5.74) is 6.28. The highest BCUT2D eigenvalue weighted by Gasteiger charge is 2.21. The van der Waals surface area contributed by atoms with Gasteiger partial charge in [-0.25, -0.2) is 0 Å². The summed E-state index contributed by atoms with van der Waals surface area (Å²) in [6, 6.07) is 6.56.